The van der Waals surface area contributed by atoms with Gasteiger partial charge in [0.1, 0.15) is 6.04 Å². The summed E-state index contributed by atoms with van der Waals surface area (Å²) in [6, 6.07) is 17.4. The quantitative estimate of drug-likeness (QED) is 0.236. The van der Waals surface area contributed by atoms with E-state index < -0.39 is 18.1 Å². The number of carboxylic acids is 1. The molecule has 0 saturated carbocycles. The average molecular weight is 571 g/mol. The number of hydrogen-bond donors (Lipinski definition) is 0. The van der Waals surface area contributed by atoms with Gasteiger partial charge in [-0.05, 0) is 79.8 Å². The van der Waals surface area contributed by atoms with Crippen molar-refractivity contribution in [2.75, 3.05) is 11.4 Å². The molecular weight excluding hydrogens is 546 g/mol. The first-order valence-electron chi connectivity index (χ1n) is 12.2. The normalized spacial score (nSPS) is 15.6. The minimum atomic E-state index is -1.15. The molecule has 0 spiro atoms. The molecule has 194 valence electrons. The average Bonchev–Trinajstić information content (AvgIpc) is 2.99. The molecule has 6 nitrogen and oxygen atoms in total. The van der Waals surface area contributed by atoms with Crippen LogP contribution in [0.25, 0.3) is 0 Å². The summed E-state index contributed by atoms with van der Waals surface area (Å²) in [5, 5.41) is 12.0. The fourth-order valence-electron chi connectivity index (χ4n) is 4.69. The van der Waals surface area contributed by atoms with E-state index in [0.717, 1.165) is 5.56 Å². The number of aliphatic carboxylic acids is 1. The summed E-state index contributed by atoms with van der Waals surface area (Å²) in [7, 11) is 0. The summed E-state index contributed by atoms with van der Waals surface area (Å²) in [4.78, 5) is 42.7. The van der Waals surface area contributed by atoms with Crippen molar-refractivity contribution in [2.45, 2.75) is 38.3 Å². The van der Waals surface area contributed by atoms with Crippen LogP contribution in [0, 0.1) is 12.3 Å². The smallest absolute Gasteiger partial charge is 0.550 e. The van der Waals surface area contributed by atoms with Gasteiger partial charge in [0.05, 0.1) is 17.3 Å². The Hall–Kier alpha value is -2.79. The molecule has 1 aliphatic heterocycles. The van der Waals surface area contributed by atoms with Gasteiger partial charge < -0.3 is 19.7 Å². The first kappa shape index (κ1) is 30.7. The van der Waals surface area contributed by atoms with Crippen LogP contribution in [0.5, 0.6) is 0 Å². The zero-order valence-electron chi connectivity index (χ0n) is 21.7. The van der Waals surface area contributed by atoms with Crippen LogP contribution >= 0.6 is 23.2 Å². The van der Waals surface area contributed by atoms with Crippen LogP contribution in [0.2, 0.25) is 10.0 Å². The monoisotopic (exact) mass is 570 g/mol. The molecule has 3 aromatic carbocycles. The van der Waals surface area contributed by atoms with E-state index in [1.165, 1.54) is 0 Å². The van der Waals surface area contributed by atoms with Crippen molar-refractivity contribution < 1.29 is 49.0 Å². The van der Waals surface area contributed by atoms with Crippen molar-refractivity contribution in [3.05, 3.63) is 99.0 Å². The molecule has 9 heteroatoms. The van der Waals surface area contributed by atoms with Gasteiger partial charge in [0.2, 0.25) is 0 Å². The molecule has 0 bridgehead atoms. The molecule has 1 aliphatic rings. The van der Waals surface area contributed by atoms with E-state index in [4.69, 9.17) is 29.6 Å². The maximum absolute atomic E-state index is 14.3. The molecule has 0 aliphatic carbocycles. The number of unbranched alkanes of at least 4 members (excludes halogenated alkanes) is 1. The Morgan fingerprint density at radius 1 is 1.00 bits per heavy atom. The molecule has 0 N–H and O–H groups in total. The molecule has 0 saturated heterocycles. The van der Waals surface area contributed by atoms with Crippen LogP contribution in [0.1, 0.15) is 65.3 Å². The van der Waals surface area contributed by atoms with Gasteiger partial charge in [0, 0.05) is 28.1 Å². The molecule has 1 heterocycles. The van der Waals surface area contributed by atoms with E-state index >= 15 is 0 Å². The predicted octanol–water partition coefficient (Wildman–Crippen LogP) is 2.19. The number of fused-ring (bicyclic) bond motifs is 1. The maximum atomic E-state index is 14.3. The Morgan fingerprint density at radius 2 is 1.62 bits per heavy atom. The standard InChI is InChI=1S/C30H26Cl2N2O4.Na/c1-3-20-7-16-26-25(18-20)29(37)34(19(2)21-8-12-23(31)13-9-21)28(22-10-14-24(32)15-11-22)30(38)33(26)17-5-4-6-27(35)36;/h1,7-16,18-19,28H,4-6,17H2,2H3,(H,35,36);/q;+1/p-1/t19-,28+;/m1./s1. The van der Waals surface area contributed by atoms with E-state index in [9.17, 15) is 19.5 Å². The number of carbonyl (C=O) groups is 3. The molecule has 4 rings (SSSR count). The van der Waals surface area contributed by atoms with Crippen LogP contribution in [0.4, 0.5) is 5.69 Å². The largest absolute Gasteiger partial charge is 1.00 e. The van der Waals surface area contributed by atoms with Gasteiger partial charge in [-0.15, -0.1) is 6.42 Å². The first-order chi connectivity index (χ1) is 18.2. The summed E-state index contributed by atoms with van der Waals surface area (Å²) in [5.74, 6) is 0.741. The number of anilines is 1. The Balaban J connectivity index is 0.00000420. The Labute approximate surface area is 260 Å². The topological polar surface area (TPSA) is 80.8 Å². The Bertz CT molecular complexity index is 1400. The molecule has 2 atom stereocenters. The number of benzene rings is 3. The van der Waals surface area contributed by atoms with E-state index in [-0.39, 0.29) is 54.3 Å². The summed E-state index contributed by atoms with van der Waals surface area (Å²) >= 11 is 12.2. The van der Waals surface area contributed by atoms with Crippen molar-refractivity contribution in [3.8, 4) is 12.3 Å². The Morgan fingerprint density at radius 3 is 2.21 bits per heavy atom. The number of nitrogens with zero attached hydrogens (tertiary/aromatic N) is 2. The number of carboxylic acid groups (broad SMARTS) is 1. The van der Waals surface area contributed by atoms with Gasteiger partial charge in [0.25, 0.3) is 11.8 Å². The molecule has 3 aromatic rings. The molecule has 0 fully saturated rings. The third-order valence-electron chi connectivity index (χ3n) is 6.67. The van der Waals surface area contributed by atoms with Crippen LogP contribution < -0.4 is 39.6 Å². The van der Waals surface area contributed by atoms with Crippen LogP contribution in [-0.4, -0.2) is 29.2 Å². The van der Waals surface area contributed by atoms with Crippen molar-refractivity contribution in [3.63, 3.8) is 0 Å². The molecule has 0 aromatic heterocycles. The number of rotatable bonds is 8. The second-order valence-corrected chi connectivity index (χ2v) is 9.96. The van der Waals surface area contributed by atoms with Gasteiger partial charge in [-0.25, -0.2) is 0 Å². The van der Waals surface area contributed by atoms with Crippen molar-refractivity contribution >= 4 is 46.7 Å². The summed E-state index contributed by atoms with van der Waals surface area (Å²) in [6.45, 7) is 2.08. The second kappa shape index (κ2) is 13.5. The number of carbonyl (C=O) groups excluding carboxylic acids is 3. The molecule has 0 radical (unpaired) electrons. The van der Waals surface area contributed by atoms with Gasteiger partial charge >= 0.3 is 29.6 Å². The van der Waals surface area contributed by atoms with E-state index in [2.05, 4.69) is 5.92 Å². The summed E-state index contributed by atoms with van der Waals surface area (Å²) in [5.41, 5.74) is 2.62. The predicted molar refractivity (Wildman–Crippen MR) is 146 cm³/mol. The van der Waals surface area contributed by atoms with Crippen LogP contribution in [0.15, 0.2) is 66.7 Å². The molecule has 39 heavy (non-hydrogen) atoms. The SMILES string of the molecule is C#Cc1ccc2c(c1)C(=O)N([C@H](C)c1ccc(Cl)cc1)[C@@H](c1ccc(Cl)cc1)C(=O)N2CCCCC(=O)[O-].[Na+]. The summed E-state index contributed by atoms with van der Waals surface area (Å²) < 4.78 is 0. The maximum Gasteiger partial charge on any atom is 1.00 e. The van der Waals surface area contributed by atoms with Gasteiger partial charge in [-0.1, -0.05) is 53.4 Å². The van der Waals surface area contributed by atoms with Crippen LogP contribution in [0.3, 0.4) is 0 Å². The van der Waals surface area contributed by atoms with Gasteiger partial charge in [-0.3, -0.25) is 9.59 Å². The number of terminal acetylenes is 1. The fourth-order valence-corrected chi connectivity index (χ4v) is 4.95. The number of amides is 2. The minimum Gasteiger partial charge on any atom is -0.550 e. The first-order valence-corrected chi connectivity index (χ1v) is 12.9. The third kappa shape index (κ3) is 6.87. The molecule has 2 amide bonds. The van der Waals surface area contributed by atoms with E-state index in [1.54, 1.807) is 64.4 Å². The Kier molecular flexibility index (Phi) is 10.7. The van der Waals surface area contributed by atoms with E-state index in [1.807, 2.05) is 19.1 Å². The van der Waals surface area contributed by atoms with Crippen molar-refractivity contribution in [2.24, 2.45) is 0 Å². The zero-order valence-corrected chi connectivity index (χ0v) is 25.2. The van der Waals surface area contributed by atoms with Gasteiger partial charge in [0.15, 0.2) is 0 Å². The number of hydrogen-bond acceptors (Lipinski definition) is 4. The van der Waals surface area contributed by atoms with Crippen molar-refractivity contribution in [1.82, 2.24) is 4.90 Å². The molecule has 0 unspecified atom stereocenters. The van der Waals surface area contributed by atoms with Crippen molar-refractivity contribution in [1.29, 1.82) is 0 Å². The second-order valence-electron chi connectivity index (χ2n) is 9.09. The third-order valence-corrected chi connectivity index (χ3v) is 7.17. The minimum absolute atomic E-state index is 0. The molecular formula is C30H25Cl2N2NaO4. The fraction of sp³-hybridized carbons (Fsp3) is 0.233. The zero-order chi connectivity index (χ0) is 27.4. The van der Waals surface area contributed by atoms with E-state index in [0.29, 0.717) is 45.3 Å². The van der Waals surface area contributed by atoms with Crippen LogP contribution in [-0.2, 0) is 9.59 Å². The van der Waals surface area contributed by atoms with Gasteiger partial charge in [-0.2, -0.15) is 0 Å². The number of halogens is 2. The summed E-state index contributed by atoms with van der Waals surface area (Å²) in [6.07, 6.45) is 6.26.